The molecule has 0 atom stereocenters. The molecule has 0 saturated carbocycles. The first-order valence-corrected chi connectivity index (χ1v) is 16.2. The summed E-state index contributed by atoms with van der Waals surface area (Å²) in [5.74, 6) is 0. The van der Waals surface area contributed by atoms with Gasteiger partial charge in [-0.3, -0.25) is 0 Å². The molecule has 12 aromatic rings. The molecule has 224 valence electrons. The van der Waals surface area contributed by atoms with Crippen molar-refractivity contribution in [1.82, 2.24) is 19.9 Å². The standard InChI is InChI=1S/2C22H12N2.Hf/c2*1-3-7-18-14(5-1)16-11-9-13-10-12-17-15-6-2-4-8-19(15)24-22(17)20(13)21(16)23-18;/h2*1-12H;/q2*-2;+4. The summed E-state index contributed by atoms with van der Waals surface area (Å²) < 4.78 is 0. The van der Waals surface area contributed by atoms with Gasteiger partial charge in [-0.1, -0.05) is 146 Å². The fraction of sp³-hybridized carbons (Fsp3) is 0. The predicted molar refractivity (Wildman–Crippen MR) is 201 cm³/mol. The zero-order chi connectivity index (χ0) is 31.3. The van der Waals surface area contributed by atoms with Crippen LogP contribution in [-0.2, 0) is 25.8 Å². The zero-order valence-corrected chi connectivity index (χ0v) is 29.7. The zero-order valence-electron chi connectivity index (χ0n) is 26.1. The summed E-state index contributed by atoms with van der Waals surface area (Å²) in [6.07, 6.45) is 0. The average Bonchev–Trinajstić information content (AvgIpc) is 3.91. The number of aromatic nitrogens is 4. The molecule has 0 spiro atoms. The van der Waals surface area contributed by atoms with Gasteiger partial charge in [0.05, 0.1) is 0 Å². The molecular formula is C44H24HfN4. The number of nitrogens with zero attached hydrogens (tertiary/aromatic N) is 4. The van der Waals surface area contributed by atoms with Gasteiger partial charge in [0, 0.05) is 0 Å². The van der Waals surface area contributed by atoms with E-state index in [0.29, 0.717) is 0 Å². The Morgan fingerprint density at radius 2 is 0.490 bits per heavy atom. The SMILES string of the molecule is [Hf+4].c1ccc2c(c1)[n-]c1c2ccc2ccc3c4ccccc4[n-]c3c21.c1ccc2c(c1)[n-]c1c2ccc2ccc3c4ccccc4[n-]c3c21. The summed E-state index contributed by atoms with van der Waals surface area (Å²) in [6, 6.07) is 50.8. The van der Waals surface area contributed by atoms with Crippen LogP contribution in [0.1, 0.15) is 0 Å². The minimum atomic E-state index is 0. The van der Waals surface area contributed by atoms with Crippen molar-refractivity contribution in [2.75, 3.05) is 0 Å². The third-order valence-electron chi connectivity index (χ3n) is 9.97. The maximum absolute atomic E-state index is 4.92. The van der Waals surface area contributed by atoms with E-state index in [1.54, 1.807) is 0 Å². The van der Waals surface area contributed by atoms with Crippen molar-refractivity contribution in [3.8, 4) is 0 Å². The second kappa shape index (κ2) is 10.7. The van der Waals surface area contributed by atoms with Gasteiger partial charge in [-0.2, -0.15) is 0 Å². The van der Waals surface area contributed by atoms with E-state index in [1.165, 1.54) is 53.9 Å². The molecule has 5 heteroatoms. The molecule has 4 heterocycles. The Morgan fingerprint density at radius 1 is 0.245 bits per heavy atom. The Morgan fingerprint density at radius 3 is 0.755 bits per heavy atom. The van der Waals surface area contributed by atoms with Gasteiger partial charge in [0.2, 0.25) is 0 Å². The molecule has 0 aliphatic carbocycles. The van der Waals surface area contributed by atoms with Crippen LogP contribution < -0.4 is 19.9 Å². The van der Waals surface area contributed by atoms with Crippen LogP contribution in [0.15, 0.2) is 146 Å². The average molecular weight is 787 g/mol. The Hall–Kier alpha value is -5.65. The van der Waals surface area contributed by atoms with E-state index in [1.807, 2.05) is 24.3 Å². The van der Waals surface area contributed by atoms with Gasteiger partial charge in [0.1, 0.15) is 0 Å². The molecule has 0 N–H and O–H groups in total. The molecule has 0 aliphatic heterocycles. The van der Waals surface area contributed by atoms with Crippen molar-refractivity contribution < 1.29 is 25.8 Å². The van der Waals surface area contributed by atoms with Gasteiger partial charge in [-0.05, 0) is 64.6 Å². The Bertz CT molecular complexity index is 2820. The summed E-state index contributed by atoms with van der Waals surface area (Å²) in [5, 5.41) is 14.4. The van der Waals surface area contributed by atoms with Crippen LogP contribution >= 0.6 is 0 Å². The molecule has 0 fully saturated rings. The number of hydrogen-bond acceptors (Lipinski definition) is 0. The van der Waals surface area contributed by atoms with Gasteiger partial charge >= 0.3 is 25.8 Å². The molecule has 4 nitrogen and oxygen atoms in total. The Balaban J connectivity index is 0.000000122. The second-order valence-corrected chi connectivity index (χ2v) is 12.6. The first-order chi connectivity index (χ1) is 23.8. The van der Waals surface area contributed by atoms with Crippen LogP contribution in [-0.4, -0.2) is 0 Å². The number of fused-ring (bicyclic) bond motifs is 18. The summed E-state index contributed by atoms with van der Waals surface area (Å²) in [4.78, 5) is 19.7. The molecule has 8 aromatic carbocycles. The molecule has 0 bridgehead atoms. The minimum Gasteiger partial charge on any atom is -0.656 e. The van der Waals surface area contributed by atoms with Crippen molar-refractivity contribution in [2.45, 2.75) is 0 Å². The van der Waals surface area contributed by atoms with Crippen LogP contribution in [0.25, 0.3) is 109 Å². The first-order valence-electron chi connectivity index (χ1n) is 16.2. The summed E-state index contributed by atoms with van der Waals surface area (Å²) in [6.45, 7) is 0. The van der Waals surface area contributed by atoms with E-state index < -0.39 is 0 Å². The van der Waals surface area contributed by atoms with Crippen LogP contribution in [0.4, 0.5) is 0 Å². The van der Waals surface area contributed by atoms with Crippen LogP contribution in [0.2, 0.25) is 0 Å². The summed E-state index contributed by atoms with van der Waals surface area (Å²) >= 11 is 0. The van der Waals surface area contributed by atoms with Gasteiger partial charge in [-0.25, -0.2) is 0 Å². The predicted octanol–water partition coefficient (Wildman–Crippen LogP) is 10.7. The van der Waals surface area contributed by atoms with E-state index in [9.17, 15) is 0 Å². The fourth-order valence-electron chi connectivity index (χ4n) is 7.77. The van der Waals surface area contributed by atoms with Gasteiger partial charge in [0.25, 0.3) is 0 Å². The molecule has 49 heavy (non-hydrogen) atoms. The quantitative estimate of drug-likeness (QED) is 0.144. The molecule has 0 amide bonds. The van der Waals surface area contributed by atoms with Crippen LogP contribution in [0.5, 0.6) is 0 Å². The Kier molecular flexibility index (Phi) is 6.18. The van der Waals surface area contributed by atoms with E-state index in [-0.39, 0.29) is 25.8 Å². The molecule has 0 saturated heterocycles. The third-order valence-corrected chi connectivity index (χ3v) is 9.97. The molecule has 0 unspecified atom stereocenters. The summed E-state index contributed by atoms with van der Waals surface area (Å²) in [7, 11) is 0. The van der Waals surface area contributed by atoms with E-state index >= 15 is 0 Å². The minimum absolute atomic E-state index is 0. The monoisotopic (exact) mass is 788 g/mol. The van der Waals surface area contributed by atoms with Crippen LogP contribution in [0, 0.1) is 0 Å². The van der Waals surface area contributed by atoms with Crippen molar-refractivity contribution >= 4 is 109 Å². The fourth-order valence-corrected chi connectivity index (χ4v) is 7.77. The Labute approximate surface area is 298 Å². The smallest absolute Gasteiger partial charge is 0.656 e. The topological polar surface area (TPSA) is 56.4 Å². The molecule has 4 aromatic heterocycles. The van der Waals surface area contributed by atoms with E-state index in [4.69, 9.17) is 19.9 Å². The molecule has 0 radical (unpaired) electrons. The van der Waals surface area contributed by atoms with E-state index in [0.717, 1.165) is 54.9 Å². The molecule has 0 aliphatic rings. The normalized spacial score (nSPS) is 11.9. The van der Waals surface area contributed by atoms with Crippen molar-refractivity contribution in [3.05, 3.63) is 146 Å². The largest absolute Gasteiger partial charge is 4.00 e. The number of para-hydroxylation sites is 4. The molecule has 12 rings (SSSR count). The first kappa shape index (κ1) is 28.4. The number of hydrogen-bond donors (Lipinski definition) is 0. The second-order valence-electron chi connectivity index (χ2n) is 12.6. The van der Waals surface area contributed by atoms with E-state index in [2.05, 4.69) is 121 Å². The summed E-state index contributed by atoms with van der Waals surface area (Å²) in [5.41, 5.74) is 8.43. The van der Waals surface area contributed by atoms with Crippen molar-refractivity contribution in [3.63, 3.8) is 0 Å². The van der Waals surface area contributed by atoms with Crippen molar-refractivity contribution in [2.24, 2.45) is 0 Å². The molecular weight excluding hydrogens is 763 g/mol. The van der Waals surface area contributed by atoms with Gasteiger partial charge in [0.15, 0.2) is 0 Å². The maximum Gasteiger partial charge on any atom is 4.00 e. The van der Waals surface area contributed by atoms with Crippen molar-refractivity contribution in [1.29, 1.82) is 0 Å². The van der Waals surface area contributed by atoms with Crippen LogP contribution in [0.3, 0.4) is 0 Å². The maximum atomic E-state index is 4.92. The van der Waals surface area contributed by atoms with Gasteiger partial charge < -0.3 is 19.9 Å². The number of rotatable bonds is 0. The third kappa shape index (κ3) is 4.06. The number of benzene rings is 8. The van der Waals surface area contributed by atoms with Gasteiger partial charge in [-0.15, -0.1) is 44.1 Å².